The first-order valence-corrected chi connectivity index (χ1v) is 7.51. The molecule has 21 heavy (non-hydrogen) atoms. The van der Waals surface area contributed by atoms with Crippen LogP contribution in [0.5, 0.6) is 0 Å². The van der Waals surface area contributed by atoms with E-state index in [9.17, 15) is 4.79 Å². The summed E-state index contributed by atoms with van der Waals surface area (Å²) >= 11 is 6.79. The molecule has 3 aromatic rings. The molecule has 0 saturated carbocycles. The van der Waals surface area contributed by atoms with Gasteiger partial charge in [0.25, 0.3) is 0 Å². The molecule has 3 aromatic heterocycles. The van der Waals surface area contributed by atoms with Crippen molar-refractivity contribution >= 4 is 35.3 Å². The molecule has 0 saturated heterocycles. The SMILES string of the molecule is O=C(CCn1c(-c2cccs2)n[nH]c1=S)Nc1ccn[nH]1. The van der Waals surface area contributed by atoms with Crippen LogP contribution in [0.1, 0.15) is 6.42 Å². The first-order valence-electron chi connectivity index (χ1n) is 6.22. The van der Waals surface area contributed by atoms with E-state index in [2.05, 4.69) is 25.7 Å². The number of nitrogens with zero attached hydrogens (tertiary/aromatic N) is 3. The Morgan fingerprint density at radius 3 is 3.05 bits per heavy atom. The molecule has 0 unspecified atom stereocenters. The predicted octanol–water partition coefficient (Wildman–Crippen LogP) is 2.42. The van der Waals surface area contributed by atoms with E-state index in [-0.39, 0.29) is 5.91 Å². The van der Waals surface area contributed by atoms with Crippen molar-refractivity contribution < 1.29 is 4.79 Å². The fourth-order valence-corrected chi connectivity index (χ4v) is 2.82. The fourth-order valence-electron chi connectivity index (χ4n) is 1.87. The summed E-state index contributed by atoms with van der Waals surface area (Å²) in [7, 11) is 0. The number of aromatic amines is 2. The normalized spacial score (nSPS) is 10.7. The molecule has 9 heteroatoms. The molecule has 0 radical (unpaired) electrons. The van der Waals surface area contributed by atoms with Crippen LogP contribution in [-0.2, 0) is 11.3 Å². The van der Waals surface area contributed by atoms with Gasteiger partial charge >= 0.3 is 0 Å². The van der Waals surface area contributed by atoms with Crippen molar-refractivity contribution in [3.05, 3.63) is 34.5 Å². The zero-order chi connectivity index (χ0) is 14.7. The van der Waals surface area contributed by atoms with Crippen molar-refractivity contribution in [3.8, 4) is 10.7 Å². The average Bonchev–Trinajstić information content (AvgIpc) is 3.17. The maximum Gasteiger partial charge on any atom is 0.227 e. The number of nitrogens with one attached hydrogen (secondary N) is 3. The van der Waals surface area contributed by atoms with Gasteiger partial charge in [0, 0.05) is 19.0 Å². The van der Waals surface area contributed by atoms with E-state index in [1.54, 1.807) is 23.6 Å². The van der Waals surface area contributed by atoms with Crippen LogP contribution in [0.4, 0.5) is 5.82 Å². The highest BCUT2D eigenvalue weighted by molar-refractivity contribution is 7.71. The molecule has 0 bridgehead atoms. The predicted molar refractivity (Wildman–Crippen MR) is 82.6 cm³/mol. The Morgan fingerprint density at radius 1 is 1.43 bits per heavy atom. The summed E-state index contributed by atoms with van der Waals surface area (Å²) in [5.41, 5.74) is 0. The molecule has 0 spiro atoms. The minimum Gasteiger partial charge on any atom is -0.311 e. The lowest BCUT2D eigenvalue weighted by molar-refractivity contribution is -0.116. The third-order valence-electron chi connectivity index (χ3n) is 2.84. The Kier molecular flexibility index (Phi) is 3.93. The van der Waals surface area contributed by atoms with Crippen LogP contribution in [0.2, 0.25) is 0 Å². The van der Waals surface area contributed by atoms with E-state index in [1.165, 1.54) is 0 Å². The molecule has 7 nitrogen and oxygen atoms in total. The zero-order valence-electron chi connectivity index (χ0n) is 10.9. The lowest BCUT2D eigenvalue weighted by Gasteiger charge is -2.05. The van der Waals surface area contributed by atoms with Gasteiger partial charge in [-0.05, 0) is 23.7 Å². The van der Waals surface area contributed by atoms with Gasteiger partial charge in [-0.25, -0.2) is 0 Å². The van der Waals surface area contributed by atoms with Gasteiger partial charge in [0.2, 0.25) is 5.91 Å². The lowest BCUT2D eigenvalue weighted by atomic mass is 10.3. The molecule has 0 aromatic carbocycles. The van der Waals surface area contributed by atoms with E-state index in [0.29, 0.717) is 23.6 Å². The van der Waals surface area contributed by atoms with Crippen molar-refractivity contribution in [1.82, 2.24) is 25.0 Å². The Bertz CT molecular complexity index is 771. The second-order valence-corrected chi connectivity index (χ2v) is 5.58. The number of rotatable bonds is 5. The smallest absolute Gasteiger partial charge is 0.227 e. The molecule has 1 amide bonds. The summed E-state index contributed by atoms with van der Waals surface area (Å²) in [6.45, 7) is 0.461. The maximum absolute atomic E-state index is 11.9. The van der Waals surface area contributed by atoms with Crippen LogP contribution >= 0.6 is 23.6 Å². The van der Waals surface area contributed by atoms with E-state index in [4.69, 9.17) is 12.2 Å². The van der Waals surface area contributed by atoms with Gasteiger partial charge in [0.15, 0.2) is 10.6 Å². The monoisotopic (exact) mass is 320 g/mol. The number of H-pyrrole nitrogens is 2. The van der Waals surface area contributed by atoms with Gasteiger partial charge in [0.1, 0.15) is 5.82 Å². The second kappa shape index (κ2) is 6.02. The summed E-state index contributed by atoms with van der Waals surface area (Å²) in [5.74, 6) is 1.22. The molecule has 0 aliphatic heterocycles. The third kappa shape index (κ3) is 3.09. The Hall–Kier alpha value is -2.26. The number of carbonyl (C=O) groups is 1. The molecular formula is C12H12N6OS2. The number of anilines is 1. The number of thiophene rings is 1. The molecule has 3 heterocycles. The fraction of sp³-hybridized carbons (Fsp3) is 0.167. The molecule has 3 N–H and O–H groups in total. The molecule has 3 rings (SSSR count). The van der Waals surface area contributed by atoms with Crippen molar-refractivity contribution in [1.29, 1.82) is 0 Å². The molecule has 108 valence electrons. The number of amides is 1. The van der Waals surface area contributed by atoms with Crippen LogP contribution in [0.3, 0.4) is 0 Å². The van der Waals surface area contributed by atoms with Crippen LogP contribution in [0.25, 0.3) is 10.7 Å². The van der Waals surface area contributed by atoms with Crippen molar-refractivity contribution in [2.75, 3.05) is 5.32 Å². The van der Waals surface area contributed by atoms with Gasteiger partial charge in [0.05, 0.1) is 11.1 Å². The van der Waals surface area contributed by atoms with Gasteiger partial charge in [-0.3, -0.25) is 19.6 Å². The second-order valence-electron chi connectivity index (χ2n) is 4.25. The maximum atomic E-state index is 11.9. The summed E-state index contributed by atoms with van der Waals surface area (Å²) in [6, 6.07) is 5.61. The average molecular weight is 320 g/mol. The number of hydrogen-bond donors (Lipinski definition) is 3. The third-order valence-corrected chi connectivity index (χ3v) is 4.01. The Balaban J connectivity index is 1.69. The number of aromatic nitrogens is 5. The minimum absolute atomic E-state index is 0.112. The van der Waals surface area contributed by atoms with Crippen molar-refractivity contribution in [2.45, 2.75) is 13.0 Å². The van der Waals surface area contributed by atoms with Gasteiger partial charge < -0.3 is 5.32 Å². The largest absolute Gasteiger partial charge is 0.311 e. The van der Waals surface area contributed by atoms with Gasteiger partial charge in [-0.1, -0.05) is 6.07 Å². The van der Waals surface area contributed by atoms with Crippen LogP contribution in [0, 0.1) is 4.77 Å². The standard InChI is InChI=1S/C12H12N6OS2/c19-10(14-9-3-5-13-15-9)4-6-18-11(16-17-12(18)20)8-2-1-7-21-8/h1-3,5,7H,4,6H2,(H,17,20)(H2,13,14,15,19). The van der Waals surface area contributed by atoms with Crippen LogP contribution in [0.15, 0.2) is 29.8 Å². The summed E-state index contributed by atoms with van der Waals surface area (Å²) in [5, 5.41) is 18.1. The van der Waals surface area contributed by atoms with Crippen LogP contribution < -0.4 is 5.32 Å². The highest BCUT2D eigenvalue weighted by Gasteiger charge is 2.11. The van der Waals surface area contributed by atoms with Crippen LogP contribution in [-0.4, -0.2) is 30.9 Å². The van der Waals surface area contributed by atoms with E-state index in [0.717, 1.165) is 10.7 Å². The first-order chi connectivity index (χ1) is 10.2. The molecule has 0 atom stereocenters. The van der Waals surface area contributed by atoms with Gasteiger partial charge in [-0.2, -0.15) is 10.2 Å². The summed E-state index contributed by atoms with van der Waals surface area (Å²) in [4.78, 5) is 12.9. The number of carbonyl (C=O) groups excluding carboxylic acids is 1. The first kappa shape index (κ1) is 13.7. The van der Waals surface area contributed by atoms with E-state index in [1.807, 2.05) is 22.1 Å². The highest BCUT2D eigenvalue weighted by Crippen LogP contribution is 2.22. The Labute approximate surface area is 129 Å². The lowest BCUT2D eigenvalue weighted by Crippen LogP contribution is -2.15. The zero-order valence-corrected chi connectivity index (χ0v) is 12.5. The summed E-state index contributed by atoms with van der Waals surface area (Å²) < 4.78 is 2.33. The Morgan fingerprint density at radius 2 is 2.33 bits per heavy atom. The summed E-state index contributed by atoms with van der Waals surface area (Å²) in [6.07, 6.45) is 1.88. The molecule has 0 fully saturated rings. The molecular weight excluding hydrogens is 308 g/mol. The topological polar surface area (TPSA) is 91.4 Å². The van der Waals surface area contributed by atoms with Gasteiger partial charge in [-0.15, -0.1) is 11.3 Å². The van der Waals surface area contributed by atoms with E-state index < -0.39 is 0 Å². The highest BCUT2D eigenvalue weighted by atomic mass is 32.1. The quantitative estimate of drug-likeness (QED) is 0.630. The van der Waals surface area contributed by atoms with E-state index >= 15 is 0 Å². The number of hydrogen-bond acceptors (Lipinski definition) is 5. The van der Waals surface area contributed by atoms with Crippen molar-refractivity contribution in [2.24, 2.45) is 0 Å². The minimum atomic E-state index is -0.112. The van der Waals surface area contributed by atoms with Crippen molar-refractivity contribution in [3.63, 3.8) is 0 Å². The molecule has 0 aliphatic rings. The molecule has 0 aliphatic carbocycles.